The Morgan fingerprint density at radius 1 is 1.19 bits per heavy atom. The first kappa shape index (κ1) is 21.2. The predicted molar refractivity (Wildman–Crippen MR) is 117 cm³/mol. The summed E-state index contributed by atoms with van der Waals surface area (Å²) in [6.45, 7) is 1.28. The van der Waals surface area contributed by atoms with Gasteiger partial charge < -0.3 is 18.9 Å². The van der Waals surface area contributed by atoms with Crippen molar-refractivity contribution >= 4 is 17.5 Å². The Balaban J connectivity index is 1.44. The van der Waals surface area contributed by atoms with E-state index in [0.717, 1.165) is 30.5 Å². The molecule has 3 aromatic rings. The maximum atomic E-state index is 12.9. The number of benzene rings is 2. The summed E-state index contributed by atoms with van der Waals surface area (Å²) in [6, 6.07) is 12.9. The lowest BCUT2D eigenvalue weighted by Crippen LogP contribution is -2.40. The van der Waals surface area contributed by atoms with Crippen LogP contribution < -0.4 is 9.47 Å². The summed E-state index contributed by atoms with van der Waals surface area (Å²) in [6.07, 6.45) is 2.08. The van der Waals surface area contributed by atoms with Crippen molar-refractivity contribution < 1.29 is 18.8 Å². The number of methoxy groups -OCH3 is 2. The van der Waals surface area contributed by atoms with Gasteiger partial charge in [-0.3, -0.25) is 4.79 Å². The van der Waals surface area contributed by atoms with E-state index in [9.17, 15) is 4.79 Å². The van der Waals surface area contributed by atoms with Crippen molar-refractivity contribution in [2.75, 3.05) is 27.3 Å². The van der Waals surface area contributed by atoms with E-state index < -0.39 is 0 Å². The molecule has 8 heteroatoms. The van der Waals surface area contributed by atoms with Crippen LogP contribution in [0.5, 0.6) is 11.5 Å². The highest BCUT2D eigenvalue weighted by Gasteiger charge is 2.28. The minimum Gasteiger partial charge on any atom is -0.496 e. The predicted octanol–water partition coefficient (Wildman–Crippen LogP) is 4.36. The Hall–Kier alpha value is -3.06. The third kappa shape index (κ3) is 4.66. The lowest BCUT2D eigenvalue weighted by Gasteiger charge is -2.31. The summed E-state index contributed by atoms with van der Waals surface area (Å²) < 4.78 is 16.1. The molecule has 1 aromatic heterocycles. The van der Waals surface area contributed by atoms with Gasteiger partial charge in [-0.15, -0.1) is 0 Å². The zero-order valence-corrected chi connectivity index (χ0v) is 18.3. The van der Waals surface area contributed by atoms with E-state index in [1.165, 1.54) is 0 Å². The van der Waals surface area contributed by atoms with Crippen molar-refractivity contribution in [3.05, 3.63) is 58.9 Å². The van der Waals surface area contributed by atoms with Gasteiger partial charge in [0.05, 0.1) is 31.2 Å². The summed E-state index contributed by atoms with van der Waals surface area (Å²) in [7, 11) is 3.17. The van der Waals surface area contributed by atoms with Crippen molar-refractivity contribution in [1.82, 2.24) is 15.0 Å². The first-order chi connectivity index (χ1) is 15.1. The van der Waals surface area contributed by atoms with E-state index in [1.54, 1.807) is 26.4 Å². The molecule has 1 fully saturated rings. The van der Waals surface area contributed by atoms with Crippen LogP contribution in [0, 0.1) is 0 Å². The molecule has 0 bridgehead atoms. The normalized spacial score (nSPS) is 16.2. The number of halogens is 1. The fourth-order valence-corrected chi connectivity index (χ4v) is 4.13. The first-order valence-corrected chi connectivity index (χ1v) is 10.5. The molecule has 0 aliphatic carbocycles. The lowest BCUT2D eigenvalue weighted by molar-refractivity contribution is -0.131. The molecule has 1 saturated heterocycles. The number of rotatable bonds is 6. The number of hydrogen-bond acceptors (Lipinski definition) is 6. The van der Waals surface area contributed by atoms with E-state index in [2.05, 4.69) is 10.1 Å². The minimum atomic E-state index is 0.0318. The van der Waals surface area contributed by atoms with Gasteiger partial charge in [-0.05, 0) is 42.7 Å². The Kier molecular flexibility index (Phi) is 6.42. The standard InChI is InChI=1S/C23H24ClN3O4/c1-29-19-8-4-3-7-17(19)23-25-22(26-31-23)16-6-5-11-27(14-16)21(28)13-15-9-10-20(30-2)18(24)12-15/h3-4,7-10,12,16H,5-6,11,13-14H2,1-2H3/t16-/m0/s1. The number of amides is 1. The molecule has 1 atom stereocenters. The molecule has 31 heavy (non-hydrogen) atoms. The van der Waals surface area contributed by atoms with E-state index in [-0.39, 0.29) is 18.2 Å². The van der Waals surface area contributed by atoms with Crippen molar-refractivity contribution in [1.29, 1.82) is 0 Å². The monoisotopic (exact) mass is 441 g/mol. The molecule has 7 nitrogen and oxygen atoms in total. The maximum absolute atomic E-state index is 12.9. The molecule has 0 saturated carbocycles. The molecule has 0 spiro atoms. The van der Waals surface area contributed by atoms with Crippen LogP contribution in [-0.4, -0.2) is 48.3 Å². The number of piperidine rings is 1. The number of nitrogens with zero attached hydrogens (tertiary/aromatic N) is 3. The molecule has 0 N–H and O–H groups in total. The second-order valence-corrected chi connectivity index (χ2v) is 7.89. The average Bonchev–Trinajstić information content (AvgIpc) is 3.29. The van der Waals surface area contributed by atoms with E-state index in [0.29, 0.717) is 34.8 Å². The van der Waals surface area contributed by atoms with Crippen LogP contribution in [0.1, 0.15) is 30.1 Å². The van der Waals surface area contributed by atoms with Crippen molar-refractivity contribution in [3.8, 4) is 23.0 Å². The largest absolute Gasteiger partial charge is 0.496 e. The van der Waals surface area contributed by atoms with E-state index in [1.807, 2.05) is 35.2 Å². The SMILES string of the molecule is COc1ccc(CC(=O)N2CCC[C@H](c3noc(-c4ccccc4OC)n3)C2)cc1Cl. The quantitative estimate of drug-likeness (QED) is 0.565. The summed E-state index contributed by atoms with van der Waals surface area (Å²) in [5.74, 6) is 2.40. The lowest BCUT2D eigenvalue weighted by atomic mass is 9.96. The summed E-state index contributed by atoms with van der Waals surface area (Å²) in [5, 5.41) is 4.69. The van der Waals surface area contributed by atoms with Gasteiger partial charge in [-0.1, -0.05) is 35.0 Å². The molecule has 0 unspecified atom stereocenters. The zero-order chi connectivity index (χ0) is 21.8. The number of ether oxygens (including phenoxy) is 2. The van der Waals surface area contributed by atoms with Gasteiger partial charge >= 0.3 is 0 Å². The number of carbonyl (C=O) groups is 1. The van der Waals surface area contributed by atoms with Gasteiger partial charge in [0.15, 0.2) is 5.82 Å². The highest BCUT2D eigenvalue weighted by Crippen LogP contribution is 2.31. The molecule has 2 aromatic carbocycles. The molecule has 2 heterocycles. The third-order valence-corrected chi connectivity index (χ3v) is 5.79. The Morgan fingerprint density at radius 3 is 2.77 bits per heavy atom. The van der Waals surface area contributed by atoms with Crippen LogP contribution in [0.4, 0.5) is 0 Å². The highest BCUT2D eigenvalue weighted by molar-refractivity contribution is 6.32. The maximum Gasteiger partial charge on any atom is 0.261 e. The molecule has 1 aliphatic heterocycles. The van der Waals surface area contributed by atoms with Crippen LogP contribution in [0.15, 0.2) is 47.0 Å². The second-order valence-electron chi connectivity index (χ2n) is 7.48. The Bertz CT molecular complexity index is 1070. The topological polar surface area (TPSA) is 77.7 Å². The van der Waals surface area contributed by atoms with Gasteiger partial charge in [0, 0.05) is 19.0 Å². The molecule has 162 valence electrons. The van der Waals surface area contributed by atoms with E-state index >= 15 is 0 Å². The van der Waals surface area contributed by atoms with Crippen LogP contribution in [0.3, 0.4) is 0 Å². The minimum absolute atomic E-state index is 0.0318. The van der Waals surface area contributed by atoms with Gasteiger partial charge in [-0.25, -0.2) is 0 Å². The van der Waals surface area contributed by atoms with Crippen LogP contribution >= 0.6 is 11.6 Å². The smallest absolute Gasteiger partial charge is 0.261 e. The van der Waals surface area contributed by atoms with Crippen LogP contribution in [0.25, 0.3) is 11.5 Å². The summed E-state index contributed by atoms with van der Waals surface area (Å²) >= 11 is 6.19. The van der Waals surface area contributed by atoms with Crippen molar-refractivity contribution in [2.45, 2.75) is 25.2 Å². The zero-order valence-electron chi connectivity index (χ0n) is 17.5. The molecule has 4 rings (SSSR count). The Labute approximate surface area is 185 Å². The highest BCUT2D eigenvalue weighted by atomic mass is 35.5. The molecule has 1 aliphatic rings. The van der Waals surface area contributed by atoms with Crippen molar-refractivity contribution in [2.24, 2.45) is 0 Å². The summed E-state index contributed by atoms with van der Waals surface area (Å²) in [5.41, 5.74) is 1.61. The first-order valence-electron chi connectivity index (χ1n) is 10.2. The number of hydrogen-bond donors (Lipinski definition) is 0. The average molecular weight is 442 g/mol. The fourth-order valence-electron chi connectivity index (χ4n) is 3.85. The van der Waals surface area contributed by atoms with Crippen LogP contribution in [-0.2, 0) is 11.2 Å². The van der Waals surface area contributed by atoms with Crippen molar-refractivity contribution in [3.63, 3.8) is 0 Å². The third-order valence-electron chi connectivity index (χ3n) is 5.49. The molecular formula is C23H24ClN3O4. The van der Waals surface area contributed by atoms with Gasteiger partial charge in [0.1, 0.15) is 11.5 Å². The second kappa shape index (κ2) is 9.39. The number of likely N-dealkylation sites (tertiary alicyclic amines) is 1. The van der Waals surface area contributed by atoms with Crippen LogP contribution in [0.2, 0.25) is 5.02 Å². The van der Waals surface area contributed by atoms with Gasteiger partial charge in [0.2, 0.25) is 5.91 Å². The molecule has 0 radical (unpaired) electrons. The summed E-state index contributed by atoms with van der Waals surface area (Å²) in [4.78, 5) is 19.4. The fraction of sp³-hybridized carbons (Fsp3) is 0.348. The molecule has 1 amide bonds. The van der Waals surface area contributed by atoms with E-state index in [4.69, 9.17) is 25.6 Å². The van der Waals surface area contributed by atoms with Gasteiger partial charge in [0.25, 0.3) is 5.89 Å². The molecular weight excluding hydrogens is 418 g/mol. The number of para-hydroxylation sites is 1. The van der Waals surface area contributed by atoms with Gasteiger partial charge in [-0.2, -0.15) is 4.98 Å². The Morgan fingerprint density at radius 2 is 2.00 bits per heavy atom. The number of aromatic nitrogens is 2. The number of carbonyl (C=O) groups excluding carboxylic acids is 1.